The van der Waals surface area contributed by atoms with E-state index in [1.807, 2.05) is 25.1 Å². The van der Waals surface area contributed by atoms with Crippen LogP contribution in [-0.4, -0.2) is 32.2 Å². The number of hydrogen-bond acceptors (Lipinski definition) is 5. The Bertz CT molecular complexity index is 457. The minimum absolute atomic E-state index is 0.154. The zero-order valence-corrected chi connectivity index (χ0v) is 11.1. The van der Waals surface area contributed by atoms with Crippen molar-refractivity contribution in [1.29, 1.82) is 0 Å². The Morgan fingerprint density at radius 3 is 2.53 bits per heavy atom. The van der Waals surface area contributed by atoms with Crippen molar-refractivity contribution in [2.24, 2.45) is 5.73 Å². The molecule has 104 valence electrons. The summed E-state index contributed by atoms with van der Waals surface area (Å²) in [5, 5.41) is 0. The van der Waals surface area contributed by atoms with Crippen LogP contribution in [0.25, 0.3) is 0 Å². The molecule has 0 amide bonds. The highest BCUT2D eigenvalue weighted by atomic mass is 16.7. The molecule has 1 fully saturated rings. The molecular weight excluding hydrogens is 246 g/mol. The minimum atomic E-state index is -0.577. The van der Waals surface area contributed by atoms with Crippen LogP contribution in [-0.2, 0) is 9.47 Å². The summed E-state index contributed by atoms with van der Waals surface area (Å²) in [5.41, 5.74) is 7.24. The van der Waals surface area contributed by atoms with E-state index in [-0.39, 0.29) is 6.04 Å². The summed E-state index contributed by atoms with van der Waals surface area (Å²) in [6, 6.07) is 5.66. The first-order chi connectivity index (χ1) is 9.16. The number of ether oxygens (including phenoxy) is 4. The summed E-state index contributed by atoms with van der Waals surface area (Å²) in [6.45, 7) is 4.36. The van der Waals surface area contributed by atoms with Gasteiger partial charge < -0.3 is 24.7 Å². The highest BCUT2D eigenvalue weighted by Gasteiger charge is 2.33. The van der Waals surface area contributed by atoms with E-state index < -0.39 is 5.79 Å². The average Bonchev–Trinajstić information content (AvgIpc) is 2.84. The zero-order valence-electron chi connectivity index (χ0n) is 11.1. The lowest BCUT2D eigenvalue weighted by atomic mass is 9.99. The van der Waals surface area contributed by atoms with E-state index in [0.717, 1.165) is 17.1 Å². The third kappa shape index (κ3) is 2.68. The topological polar surface area (TPSA) is 62.9 Å². The third-order valence-corrected chi connectivity index (χ3v) is 3.48. The molecule has 5 heteroatoms. The van der Waals surface area contributed by atoms with E-state index >= 15 is 0 Å². The quantitative estimate of drug-likeness (QED) is 0.899. The van der Waals surface area contributed by atoms with Gasteiger partial charge in [0.1, 0.15) is 13.2 Å². The van der Waals surface area contributed by atoms with Crippen LogP contribution in [0.1, 0.15) is 24.9 Å². The van der Waals surface area contributed by atoms with Gasteiger partial charge in [-0.1, -0.05) is 6.07 Å². The number of nitrogens with two attached hydrogens (primary N) is 1. The molecule has 2 aliphatic rings. The van der Waals surface area contributed by atoms with Crippen LogP contribution in [0.15, 0.2) is 18.2 Å². The predicted octanol–water partition coefficient (Wildman–Crippen LogP) is 1.61. The fourth-order valence-electron chi connectivity index (χ4n) is 2.48. The van der Waals surface area contributed by atoms with Crippen molar-refractivity contribution in [2.45, 2.75) is 25.2 Å². The number of rotatable bonds is 3. The van der Waals surface area contributed by atoms with E-state index in [2.05, 4.69) is 0 Å². The number of hydrogen-bond donors (Lipinski definition) is 1. The molecular formula is C14H19NO4. The van der Waals surface area contributed by atoms with Crippen LogP contribution in [0.2, 0.25) is 0 Å². The Kier molecular flexibility index (Phi) is 3.35. The molecule has 0 aliphatic carbocycles. The molecule has 0 saturated carbocycles. The molecule has 5 nitrogen and oxygen atoms in total. The normalized spacial score (nSPS) is 22.2. The molecule has 1 unspecified atom stereocenters. The first kappa shape index (κ1) is 12.7. The molecule has 3 rings (SSSR count). The second-order valence-electron chi connectivity index (χ2n) is 5.04. The highest BCUT2D eigenvalue weighted by molar-refractivity contribution is 5.44. The molecule has 2 N–H and O–H groups in total. The molecule has 19 heavy (non-hydrogen) atoms. The Labute approximate surface area is 112 Å². The largest absolute Gasteiger partial charge is 0.486 e. The lowest BCUT2D eigenvalue weighted by molar-refractivity contribution is -0.150. The van der Waals surface area contributed by atoms with Crippen molar-refractivity contribution in [1.82, 2.24) is 0 Å². The van der Waals surface area contributed by atoms with Crippen LogP contribution >= 0.6 is 0 Å². The predicted molar refractivity (Wildman–Crippen MR) is 69.3 cm³/mol. The summed E-state index contributed by atoms with van der Waals surface area (Å²) in [5.74, 6) is 0.964. The van der Waals surface area contributed by atoms with Crippen LogP contribution in [0, 0.1) is 0 Å². The zero-order chi connectivity index (χ0) is 13.3. The Morgan fingerprint density at radius 1 is 1.11 bits per heavy atom. The van der Waals surface area contributed by atoms with Gasteiger partial charge in [0.15, 0.2) is 17.3 Å². The Morgan fingerprint density at radius 2 is 1.79 bits per heavy atom. The van der Waals surface area contributed by atoms with E-state index in [4.69, 9.17) is 24.7 Å². The second-order valence-corrected chi connectivity index (χ2v) is 5.04. The molecule has 2 aliphatic heterocycles. The summed E-state index contributed by atoms with van der Waals surface area (Å²) < 4.78 is 22.2. The van der Waals surface area contributed by atoms with Gasteiger partial charge >= 0.3 is 0 Å². The fourth-order valence-corrected chi connectivity index (χ4v) is 2.48. The standard InChI is InChI=1S/C14H19NO4/c1-14(18-6-7-19-14)9-11(15)10-2-3-12-13(8-10)17-5-4-16-12/h2-3,8,11H,4-7,9,15H2,1H3. The lowest BCUT2D eigenvalue weighted by Crippen LogP contribution is -2.31. The molecule has 1 aromatic rings. The van der Waals surface area contributed by atoms with Gasteiger partial charge in [-0.3, -0.25) is 0 Å². The van der Waals surface area contributed by atoms with Gasteiger partial charge in [-0.25, -0.2) is 0 Å². The molecule has 0 bridgehead atoms. The van der Waals surface area contributed by atoms with Crippen molar-refractivity contribution in [3.05, 3.63) is 23.8 Å². The van der Waals surface area contributed by atoms with Crippen molar-refractivity contribution < 1.29 is 18.9 Å². The maximum atomic E-state index is 6.24. The first-order valence-corrected chi connectivity index (χ1v) is 6.59. The lowest BCUT2D eigenvalue weighted by Gasteiger charge is -2.27. The molecule has 1 aromatic carbocycles. The molecule has 1 saturated heterocycles. The number of fused-ring (bicyclic) bond motifs is 1. The van der Waals surface area contributed by atoms with E-state index in [1.54, 1.807) is 0 Å². The summed E-state index contributed by atoms with van der Waals surface area (Å²) >= 11 is 0. The second kappa shape index (κ2) is 5.00. The monoisotopic (exact) mass is 265 g/mol. The minimum Gasteiger partial charge on any atom is -0.486 e. The van der Waals surface area contributed by atoms with Gasteiger partial charge in [-0.2, -0.15) is 0 Å². The maximum Gasteiger partial charge on any atom is 0.167 e. The fraction of sp³-hybridized carbons (Fsp3) is 0.571. The summed E-state index contributed by atoms with van der Waals surface area (Å²) in [4.78, 5) is 0. The van der Waals surface area contributed by atoms with Gasteiger partial charge in [0, 0.05) is 12.5 Å². The van der Waals surface area contributed by atoms with Gasteiger partial charge in [-0.15, -0.1) is 0 Å². The molecule has 0 spiro atoms. The van der Waals surface area contributed by atoms with Gasteiger partial charge in [0.2, 0.25) is 0 Å². The van der Waals surface area contributed by atoms with E-state index in [9.17, 15) is 0 Å². The van der Waals surface area contributed by atoms with Crippen LogP contribution in [0.3, 0.4) is 0 Å². The Hall–Kier alpha value is -1.30. The smallest absolute Gasteiger partial charge is 0.167 e. The van der Waals surface area contributed by atoms with Gasteiger partial charge in [-0.05, 0) is 24.6 Å². The maximum absolute atomic E-state index is 6.24. The molecule has 0 aromatic heterocycles. The first-order valence-electron chi connectivity index (χ1n) is 6.59. The molecule has 2 heterocycles. The van der Waals surface area contributed by atoms with Crippen molar-refractivity contribution in [3.63, 3.8) is 0 Å². The van der Waals surface area contributed by atoms with Crippen molar-refractivity contribution in [3.8, 4) is 11.5 Å². The molecule has 1 atom stereocenters. The van der Waals surface area contributed by atoms with Crippen molar-refractivity contribution >= 4 is 0 Å². The Balaban J connectivity index is 1.74. The molecule has 0 radical (unpaired) electrons. The van der Waals surface area contributed by atoms with E-state index in [0.29, 0.717) is 32.8 Å². The number of benzene rings is 1. The van der Waals surface area contributed by atoms with Crippen LogP contribution in [0.4, 0.5) is 0 Å². The average molecular weight is 265 g/mol. The van der Waals surface area contributed by atoms with E-state index in [1.165, 1.54) is 0 Å². The third-order valence-electron chi connectivity index (χ3n) is 3.48. The van der Waals surface area contributed by atoms with Crippen LogP contribution in [0.5, 0.6) is 11.5 Å². The summed E-state index contributed by atoms with van der Waals surface area (Å²) in [6.07, 6.45) is 0.618. The van der Waals surface area contributed by atoms with Crippen LogP contribution < -0.4 is 15.2 Å². The SMILES string of the molecule is CC1(CC(N)c2ccc3c(c2)OCCO3)OCCO1. The van der Waals surface area contributed by atoms with Gasteiger partial charge in [0.05, 0.1) is 13.2 Å². The highest BCUT2D eigenvalue weighted by Crippen LogP contribution is 2.35. The van der Waals surface area contributed by atoms with Gasteiger partial charge in [0.25, 0.3) is 0 Å². The van der Waals surface area contributed by atoms with Crippen molar-refractivity contribution in [2.75, 3.05) is 26.4 Å². The summed E-state index contributed by atoms with van der Waals surface area (Å²) in [7, 11) is 0.